The summed E-state index contributed by atoms with van der Waals surface area (Å²) in [5, 5.41) is 3.51. The van der Waals surface area contributed by atoms with E-state index in [4.69, 9.17) is 5.84 Å². The molecule has 0 spiro atoms. The summed E-state index contributed by atoms with van der Waals surface area (Å²) in [4.78, 5) is 11.0. The first-order chi connectivity index (χ1) is 8.78. The second-order valence-corrected chi connectivity index (χ2v) is 5.20. The van der Waals surface area contributed by atoms with Crippen LogP contribution in [0.5, 0.6) is 0 Å². The lowest BCUT2D eigenvalue weighted by Gasteiger charge is -2.17. The molecule has 2 heterocycles. The fourth-order valence-corrected chi connectivity index (χ4v) is 2.61. The predicted molar refractivity (Wildman–Crippen MR) is 71.2 cm³/mol. The molecular weight excluding hydrogens is 228 g/mol. The molecule has 1 aromatic heterocycles. The first-order valence-corrected chi connectivity index (χ1v) is 6.56. The zero-order valence-electron chi connectivity index (χ0n) is 10.7. The van der Waals surface area contributed by atoms with E-state index in [2.05, 4.69) is 25.6 Å². The summed E-state index contributed by atoms with van der Waals surface area (Å²) in [5.41, 5.74) is 3.57. The molecule has 98 valence electrons. The predicted octanol–water partition coefficient (Wildman–Crippen LogP) is 0.719. The van der Waals surface area contributed by atoms with Crippen LogP contribution in [-0.2, 0) is 0 Å². The lowest BCUT2D eigenvalue weighted by molar-refractivity contribution is 0.326. The zero-order chi connectivity index (χ0) is 12.5. The summed E-state index contributed by atoms with van der Waals surface area (Å²) in [6.45, 7) is 4.30. The first kappa shape index (κ1) is 11.7. The van der Waals surface area contributed by atoms with Crippen molar-refractivity contribution in [2.45, 2.75) is 38.3 Å². The smallest absolute Gasteiger partial charge is 0.148 e. The maximum atomic E-state index is 5.42. The minimum absolute atomic E-state index is 0.491. The Morgan fingerprint density at radius 1 is 1.28 bits per heavy atom. The highest BCUT2D eigenvalue weighted by atomic mass is 15.3. The third kappa shape index (κ3) is 2.26. The highest BCUT2D eigenvalue weighted by molar-refractivity contribution is 5.56. The summed E-state index contributed by atoms with van der Waals surface area (Å²) in [6.07, 6.45) is 5.48. The van der Waals surface area contributed by atoms with Gasteiger partial charge in [0.15, 0.2) is 0 Å². The molecule has 1 atom stereocenters. The number of rotatable bonds is 4. The van der Waals surface area contributed by atoms with Gasteiger partial charge < -0.3 is 10.7 Å². The molecule has 2 fully saturated rings. The largest absolute Gasteiger partial charge is 0.366 e. The SMILES string of the molecule is Cc1c(NN)ncnc1NC1CCN(C2CC2)C1. The van der Waals surface area contributed by atoms with E-state index in [1.807, 2.05) is 6.92 Å². The van der Waals surface area contributed by atoms with Crippen LogP contribution >= 0.6 is 0 Å². The highest BCUT2D eigenvalue weighted by Crippen LogP contribution is 2.30. The Morgan fingerprint density at radius 2 is 2.06 bits per heavy atom. The molecule has 18 heavy (non-hydrogen) atoms. The van der Waals surface area contributed by atoms with Crippen molar-refractivity contribution in [3.63, 3.8) is 0 Å². The summed E-state index contributed by atoms with van der Waals surface area (Å²) < 4.78 is 0. The zero-order valence-corrected chi connectivity index (χ0v) is 10.7. The van der Waals surface area contributed by atoms with E-state index in [-0.39, 0.29) is 0 Å². The molecule has 1 aliphatic carbocycles. The number of anilines is 2. The number of aromatic nitrogens is 2. The molecule has 1 saturated heterocycles. The second kappa shape index (κ2) is 4.70. The number of nitrogens with one attached hydrogen (secondary N) is 2. The van der Waals surface area contributed by atoms with Crippen LogP contribution in [-0.4, -0.2) is 40.0 Å². The molecule has 1 aromatic rings. The molecule has 1 aliphatic heterocycles. The van der Waals surface area contributed by atoms with E-state index in [1.54, 1.807) is 0 Å². The summed E-state index contributed by atoms with van der Waals surface area (Å²) in [6, 6.07) is 1.34. The van der Waals surface area contributed by atoms with Gasteiger partial charge in [-0.1, -0.05) is 0 Å². The van der Waals surface area contributed by atoms with Gasteiger partial charge in [-0.25, -0.2) is 15.8 Å². The van der Waals surface area contributed by atoms with Crippen molar-refractivity contribution in [3.8, 4) is 0 Å². The van der Waals surface area contributed by atoms with Gasteiger partial charge in [-0.05, 0) is 26.2 Å². The van der Waals surface area contributed by atoms with Crippen LogP contribution in [0.1, 0.15) is 24.8 Å². The minimum Gasteiger partial charge on any atom is -0.366 e. The Hall–Kier alpha value is -1.40. The lowest BCUT2D eigenvalue weighted by atomic mass is 10.2. The van der Waals surface area contributed by atoms with E-state index < -0.39 is 0 Å². The summed E-state index contributed by atoms with van der Waals surface area (Å²) >= 11 is 0. The fourth-order valence-electron chi connectivity index (χ4n) is 2.61. The van der Waals surface area contributed by atoms with Crippen molar-refractivity contribution in [1.29, 1.82) is 0 Å². The fraction of sp³-hybridized carbons (Fsp3) is 0.667. The van der Waals surface area contributed by atoms with Crippen molar-refractivity contribution in [3.05, 3.63) is 11.9 Å². The van der Waals surface area contributed by atoms with E-state index in [9.17, 15) is 0 Å². The number of likely N-dealkylation sites (tertiary alicyclic amines) is 1. The van der Waals surface area contributed by atoms with Crippen LogP contribution in [0.15, 0.2) is 6.33 Å². The van der Waals surface area contributed by atoms with Gasteiger partial charge in [0.2, 0.25) is 0 Å². The number of nitrogen functional groups attached to an aromatic ring is 1. The number of nitrogens with zero attached hydrogens (tertiary/aromatic N) is 3. The summed E-state index contributed by atoms with van der Waals surface area (Å²) in [5.74, 6) is 7.00. The Morgan fingerprint density at radius 3 is 2.78 bits per heavy atom. The van der Waals surface area contributed by atoms with Crippen LogP contribution in [0.2, 0.25) is 0 Å². The monoisotopic (exact) mass is 248 g/mol. The number of nitrogens with two attached hydrogens (primary N) is 1. The second-order valence-electron chi connectivity index (χ2n) is 5.20. The van der Waals surface area contributed by atoms with Gasteiger partial charge >= 0.3 is 0 Å². The number of hydrogen-bond donors (Lipinski definition) is 3. The molecule has 0 amide bonds. The van der Waals surface area contributed by atoms with Crippen LogP contribution in [0.4, 0.5) is 11.6 Å². The quantitative estimate of drug-likeness (QED) is 0.538. The van der Waals surface area contributed by atoms with E-state index in [0.29, 0.717) is 11.9 Å². The molecule has 4 N–H and O–H groups in total. The molecule has 6 heteroatoms. The molecule has 1 saturated carbocycles. The molecular formula is C12H20N6. The maximum Gasteiger partial charge on any atom is 0.148 e. The van der Waals surface area contributed by atoms with Gasteiger partial charge in [-0.3, -0.25) is 4.90 Å². The van der Waals surface area contributed by atoms with Crippen LogP contribution in [0.3, 0.4) is 0 Å². The van der Waals surface area contributed by atoms with E-state index >= 15 is 0 Å². The van der Waals surface area contributed by atoms with Gasteiger partial charge in [0.05, 0.1) is 0 Å². The van der Waals surface area contributed by atoms with Crippen LogP contribution in [0.25, 0.3) is 0 Å². The van der Waals surface area contributed by atoms with Gasteiger partial charge in [0.1, 0.15) is 18.0 Å². The third-order valence-electron chi connectivity index (χ3n) is 3.84. The van der Waals surface area contributed by atoms with Crippen LogP contribution in [0, 0.1) is 6.92 Å². The molecule has 0 radical (unpaired) electrons. The number of hydrogen-bond acceptors (Lipinski definition) is 6. The average Bonchev–Trinajstić information content (AvgIpc) is 3.13. The normalized spacial score (nSPS) is 24.2. The van der Waals surface area contributed by atoms with Crippen molar-refractivity contribution in [2.24, 2.45) is 5.84 Å². The third-order valence-corrected chi connectivity index (χ3v) is 3.84. The topological polar surface area (TPSA) is 79.1 Å². The van der Waals surface area contributed by atoms with Gasteiger partial charge in [0.25, 0.3) is 0 Å². The average molecular weight is 248 g/mol. The van der Waals surface area contributed by atoms with Crippen molar-refractivity contribution in [1.82, 2.24) is 14.9 Å². The summed E-state index contributed by atoms with van der Waals surface area (Å²) in [7, 11) is 0. The Bertz CT molecular complexity index is 431. The number of hydrazine groups is 1. The van der Waals surface area contributed by atoms with E-state index in [1.165, 1.54) is 32.1 Å². The van der Waals surface area contributed by atoms with Gasteiger partial charge in [-0.15, -0.1) is 0 Å². The van der Waals surface area contributed by atoms with Gasteiger partial charge in [0, 0.05) is 30.7 Å². The Kier molecular flexibility index (Phi) is 3.05. The van der Waals surface area contributed by atoms with Gasteiger partial charge in [-0.2, -0.15) is 0 Å². The molecule has 0 aromatic carbocycles. The molecule has 3 rings (SSSR count). The van der Waals surface area contributed by atoms with Crippen molar-refractivity contribution < 1.29 is 0 Å². The highest BCUT2D eigenvalue weighted by Gasteiger charge is 2.34. The lowest BCUT2D eigenvalue weighted by Crippen LogP contribution is -2.28. The molecule has 0 bridgehead atoms. The first-order valence-electron chi connectivity index (χ1n) is 6.56. The minimum atomic E-state index is 0.491. The standard InChI is InChI=1S/C12H20N6/c1-8-11(14-7-15-12(8)17-13)16-9-4-5-18(6-9)10-2-3-10/h7,9-10H,2-6,13H2,1H3,(H2,14,15,16,17). The van der Waals surface area contributed by atoms with Crippen molar-refractivity contribution in [2.75, 3.05) is 23.8 Å². The maximum absolute atomic E-state index is 5.42. The molecule has 6 nitrogen and oxygen atoms in total. The van der Waals surface area contributed by atoms with Crippen molar-refractivity contribution >= 4 is 11.6 Å². The van der Waals surface area contributed by atoms with Crippen LogP contribution < -0.4 is 16.6 Å². The van der Waals surface area contributed by atoms with E-state index in [0.717, 1.165) is 24.0 Å². The Balaban J connectivity index is 1.65. The molecule has 1 unspecified atom stereocenters. The Labute approximate surface area is 107 Å². The molecule has 2 aliphatic rings.